The van der Waals surface area contributed by atoms with Crippen LogP contribution in [0.4, 0.5) is 11.4 Å². The zero-order valence-electron chi connectivity index (χ0n) is 8.01. The van der Waals surface area contributed by atoms with Crippen LogP contribution in [0.3, 0.4) is 0 Å². The van der Waals surface area contributed by atoms with Gasteiger partial charge in [0, 0.05) is 29.4 Å². The van der Waals surface area contributed by atoms with Gasteiger partial charge < -0.3 is 11.5 Å². The molecule has 0 aliphatic heterocycles. The average Bonchev–Trinajstić information content (AvgIpc) is 2.64. The number of thiazole rings is 1. The van der Waals surface area contributed by atoms with Crippen LogP contribution in [0.5, 0.6) is 0 Å². The molecule has 0 saturated carbocycles. The molecule has 4 N–H and O–H groups in total. The molecular formula is C10H12ClN3S. The molecule has 0 spiro atoms. The van der Waals surface area contributed by atoms with Crippen LogP contribution in [0, 0.1) is 0 Å². The first-order valence-electron chi connectivity index (χ1n) is 4.28. The van der Waals surface area contributed by atoms with Gasteiger partial charge in [0.1, 0.15) is 0 Å². The Bertz CT molecular complexity index is 428. The first kappa shape index (κ1) is 11.8. The van der Waals surface area contributed by atoms with Gasteiger partial charge in [-0.2, -0.15) is 0 Å². The quantitative estimate of drug-likeness (QED) is 0.793. The SMILES string of the molecule is Cl.Nc1ccc(N)c(Cc2nccs2)c1. The molecule has 0 aliphatic carbocycles. The Hall–Kier alpha value is -1.26. The van der Waals surface area contributed by atoms with Gasteiger partial charge in [0.25, 0.3) is 0 Å². The summed E-state index contributed by atoms with van der Waals surface area (Å²) >= 11 is 1.62. The Kier molecular flexibility index (Phi) is 3.94. The van der Waals surface area contributed by atoms with Crippen LogP contribution < -0.4 is 11.5 Å². The van der Waals surface area contributed by atoms with E-state index in [1.165, 1.54) is 0 Å². The summed E-state index contributed by atoms with van der Waals surface area (Å²) in [5.74, 6) is 0. The van der Waals surface area contributed by atoms with Gasteiger partial charge in [0.15, 0.2) is 0 Å². The van der Waals surface area contributed by atoms with Crippen LogP contribution in [0.2, 0.25) is 0 Å². The molecule has 2 aromatic rings. The normalized spacial score (nSPS) is 9.60. The summed E-state index contributed by atoms with van der Waals surface area (Å²) in [7, 11) is 0. The maximum absolute atomic E-state index is 5.83. The third-order valence-electron chi connectivity index (χ3n) is 1.99. The van der Waals surface area contributed by atoms with Crippen LogP contribution >= 0.6 is 23.7 Å². The molecule has 1 aromatic carbocycles. The Balaban J connectivity index is 0.00000112. The fraction of sp³-hybridized carbons (Fsp3) is 0.100. The molecule has 0 saturated heterocycles. The van der Waals surface area contributed by atoms with Crippen molar-refractivity contribution >= 4 is 35.1 Å². The minimum Gasteiger partial charge on any atom is -0.399 e. The number of halogens is 1. The number of anilines is 2. The van der Waals surface area contributed by atoms with Crippen molar-refractivity contribution in [3.63, 3.8) is 0 Å². The lowest BCUT2D eigenvalue weighted by Crippen LogP contribution is -1.97. The summed E-state index contributed by atoms with van der Waals surface area (Å²) in [4.78, 5) is 4.20. The number of hydrogen-bond acceptors (Lipinski definition) is 4. The summed E-state index contributed by atoms with van der Waals surface area (Å²) in [6.45, 7) is 0. The molecule has 1 aromatic heterocycles. The lowest BCUT2D eigenvalue weighted by atomic mass is 10.1. The van der Waals surface area contributed by atoms with Crippen LogP contribution in [0.1, 0.15) is 10.6 Å². The van der Waals surface area contributed by atoms with Crippen molar-refractivity contribution in [2.24, 2.45) is 0 Å². The van der Waals surface area contributed by atoms with Gasteiger partial charge in [-0.3, -0.25) is 0 Å². The van der Waals surface area contributed by atoms with Gasteiger partial charge in [-0.05, 0) is 23.8 Å². The molecule has 0 bridgehead atoms. The van der Waals surface area contributed by atoms with Gasteiger partial charge in [0.2, 0.25) is 0 Å². The molecule has 0 radical (unpaired) electrons. The van der Waals surface area contributed by atoms with E-state index in [-0.39, 0.29) is 12.4 Å². The van der Waals surface area contributed by atoms with Gasteiger partial charge in [0.05, 0.1) is 5.01 Å². The Morgan fingerprint density at radius 2 is 2.07 bits per heavy atom. The minimum absolute atomic E-state index is 0. The number of benzene rings is 1. The van der Waals surface area contributed by atoms with E-state index in [2.05, 4.69) is 4.98 Å². The van der Waals surface area contributed by atoms with Crippen molar-refractivity contribution < 1.29 is 0 Å². The van der Waals surface area contributed by atoms with Crippen LogP contribution in [-0.2, 0) is 6.42 Å². The van der Waals surface area contributed by atoms with E-state index < -0.39 is 0 Å². The van der Waals surface area contributed by atoms with E-state index in [0.717, 1.165) is 28.4 Å². The fourth-order valence-corrected chi connectivity index (χ4v) is 1.92. The lowest BCUT2D eigenvalue weighted by molar-refractivity contribution is 1.14. The first-order valence-corrected chi connectivity index (χ1v) is 5.16. The molecule has 5 heteroatoms. The Morgan fingerprint density at radius 3 is 2.73 bits per heavy atom. The van der Waals surface area contributed by atoms with Crippen molar-refractivity contribution in [3.8, 4) is 0 Å². The van der Waals surface area contributed by atoms with Gasteiger partial charge in [-0.25, -0.2) is 4.98 Å². The highest BCUT2D eigenvalue weighted by molar-refractivity contribution is 7.09. The van der Waals surface area contributed by atoms with Crippen molar-refractivity contribution in [3.05, 3.63) is 40.3 Å². The summed E-state index contributed by atoms with van der Waals surface area (Å²) in [6.07, 6.45) is 2.55. The molecule has 0 amide bonds. The van der Waals surface area contributed by atoms with E-state index in [9.17, 15) is 0 Å². The molecule has 15 heavy (non-hydrogen) atoms. The maximum atomic E-state index is 5.83. The van der Waals surface area contributed by atoms with Crippen LogP contribution in [0.15, 0.2) is 29.8 Å². The Morgan fingerprint density at radius 1 is 1.27 bits per heavy atom. The van der Waals surface area contributed by atoms with E-state index >= 15 is 0 Å². The molecule has 0 aliphatic rings. The molecule has 2 rings (SSSR count). The van der Waals surface area contributed by atoms with E-state index in [1.54, 1.807) is 23.6 Å². The zero-order valence-corrected chi connectivity index (χ0v) is 9.65. The standard InChI is InChI=1S/C10H11N3S.ClH/c11-8-1-2-9(12)7(5-8)6-10-13-3-4-14-10;/h1-5H,6,11-12H2;1H. The second-order valence-electron chi connectivity index (χ2n) is 3.06. The molecule has 1 heterocycles. The average molecular weight is 242 g/mol. The summed E-state index contributed by atoms with van der Waals surface area (Å²) in [5, 5.41) is 3.01. The number of rotatable bonds is 2. The number of nitrogens with zero attached hydrogens (tertiary/aromatic N) is 1. The number of nitrogen functional groups attached to an aromatic ring is 2. The van der Waals surface area contributed by atoms with Crippen molar-refractivity contribution in [2.75, 3.05) is 11.5 Å². The highest BCUT2D eigenvalue weighted by Crippen LogP contribution is 2.20. The smallest absolute Gasteiger partial charge is 0.0969 e. The zero-order chi connectivity index (χ0) is 9.97. The maximum Gasteiger partial charge on any atom is 0.0969 e. The Labute approximate surface area is 98.5 Å². The van der Waals surface area contributed by atoms with E-state index in [0.29, 0.717) is 0 Å². The number of aromatic nitrogens is 1. The van der Waals surface area contributed by atoms with Gasteiger partial charge in [-0.15, -0.1) is 23.7 Å². The molecule has 80 valence electrons. The fourth-order valence-electron chi connectivity index (χ4n) is 1.28. The summed E-state index contributed by atoms with van der Waals surface area (Å²) in [5.41, 5.74) is 14.1. The topological polar surface area (TPSA) is 64.9 Å². The molecule has 0 fully saturated rings. The summed E-state index contributed by atoms with van der Waals surface area (Å²) < 4.78 is 0. The number of nitrogens with two attached hydrogens (primary N) is 2. The van der Waals surface area contributed by atoms with Crippen LogP contribution in [-0.4, -0.2) is 4.98 Å². The minimum atomic E-state index is 0. The highest BCUT2D eigenvalue weighted by atomic mass is 35.5. The largest absolute Gasteiger partial charge is 0.399 e. The molecular weight excluding hydrogens is 230 g/mol. The highest BCUT2D eigenvalue weighted by Gasteiger charge is 2.02. The van der Waals surface area contributed by atoms with Crippen molar-refractivity contribution in [1.82, 2.24) is 4.98 Å². The van der Waals surface area contributed by atoms with Crippen LogP contribution in [0.25, 0.3) is 0 Å². The second kappa shape index (κ2) is 5.00. The monoisotopic (exact) mass is 241 g/mol. The van der Waals surface area contributed by atoms with Crippen molar-refractivity contribution in [2.45, 2.75) is 6.42 Å². The van der Waals surface area contributed by atoms with Gasteiger partial charge >= 0.3 is 0 Å². The first-order chi connectivity index (χ1) is 6.75. The predicted octanol–water partition coefficient (Wildman–Crippen LogP) is 2.32. The third kappa shape index (κ3) is 2.84. The van der Waals surface area contributed by atoms with Gasteiger partial charge in [-0.1, -0.05) is 0 Å². The third-order valence-corrected chi connectivity index (χ3v) is 2.77. The molecule has 0 atom stereocenters. The number of hydrogen-bond donors (Lipinski definition) is 2. The molecule has 0 unspecified atom stereocenters. The predicted molar refractivity (Wildman–Crippen MR) is 67.4 cm³/mol. The second-order valence-corrected chi connectivity index (χ2v) is 4.04. The van der Waals surface area contributed by atoms with E-state index in [1.807, 2.05) is 17.5 Å². The van der Waals surface area contributed by atoms with Crippen molar-refractivity contribution in [1.29, 1.82) is 0 Å². The summed E-state index contributed by atoms with van der Waals surface area (Å²) in [6, 6.07) is 5.54. The lowest BCUT2D eigenvalue weighted by Gasteiger charge is -2.04. The molecule has 3 nitrogen and oxygen atoms in total. The van der Waals surface area contributed by atoms with E-state index in [4.69, 9.17) is 11.5 Å².